The van der Waals surface area contributed by atoms with Crippen LogP contribution in [0.3, 0.4) is 0 Å². The van der Waals surface area contributed by atoms with E-state index >= 15 is 0 Å². The first-order valence-corrected chi connectivity index (χ1v) is 10.4. The predicted octanol–water partition coefficient (Wildman–Crippen LogP) is 3.86. The van der Waals surface area contributed by atoms with E-state index in [4.69, 9.17) is 0 Å². The van der Waals surface area contributed by atoms with E-state index in [2.05, 4.69) is 26.7 Å². The van der Waals surface area contributed by atoms with E-state index in [9.17, 15) is 12.8 Å². The van der Waals surface area contributed by atoms with Crippen LogP contribution in [-0.4, -0.2) is 28.3 Å². The van der Waals surface area contributed by atoms with Gasteiger partial charge in [-0.3, -0.25) is 4.72 Å². The van der Waals surface area contributed by atoms with Gasteiger partial charge in [-0.1, -0.05) is 12.6 Å². The highest BCUT2D eigenvalue weighted by Gasteiger charge is 2.37. The molecule has 7 nitrogen and oxygen atoms in total. The van der Waals surface area contributed by atoms with Gasteiger partial charge in [0.15, 0.2) is 11.5 Å². The van der Waals surface area contributed by atoms with Gasteiger partial charge in [0, 0.05) is 6.07 Å². The molecule has 1 aliphatic carbocycles. The molecule has 0 aliphatic heterocycles. The van der Waals surface area contributed by atoms with Crippen molar-refractivity contribution in [1.82, 2.24) is 14.6 Å². The van der Waals surface area contributed by atoms with Gasteiger partial charge in [-0.2, -0.15) is 5.10 Å². The van der Waals surface area contributed by atoms with Crippen molar-refractivity contribution in [3.8, 4) is 0 Å². The van der Waals surface area contributed by atoms with Gasteiger partial charge in [-0.05, 0) is 50.0 Å². The number of nitrogens with one attached hydrogen (secondary N) is 2. The van der Waals surface area contributed by atoms with Crippen molar-refractivity contribution in [1.29, 1.82) is 0 Å². The third-order valence-electron chi connectivity index (χ3n) is 4.53. The molecule has 0 spiro atoms. The number of hydrogen-bond acceptors (Lipinski definition) is 5. The van der Waals surface area contributed by atoms with Gasteiger partial charge in [-0.15, -0.1) is 0 Å². The summed E-state index contributed by atoms with van der Waals surface area (Å²) in [4.78, 5) is 4.40. The molecule has 0 saturated heterocycles. The Morgan fingerprint density at radius 1 is 1.32 bits per heavy atom. The molecule has 0 bridgehead atoms. The molecule has 0 radical (unpaired) electrons. The fourth-order valence-electron chi connectivity index (χ4n) is 2.98. The third-order valence-corrected chi connectivity index (χ3v) is 6.35. The number of benzene rings is 1. The number of rotatable bonds is 6. The van der Waals surface area contributed by atoms with Gasteiger partial charge in [0.25, 0.3) is 0 Å². The zero-order valence-corrected chi connectivity index (χ0v) is 16.3. The molecular formula is C19H20FN5O2S. The normalized spacial score (nSPS) is 14.2. The van der Waals surface area contributed by atoms with Crippen LogP contribution in [0.25, 0.3) is 11.2 Å². The van der Waals surface area contributed by atoms with Crippen molar-refractivity contribution in [2.75, 3.05) is 10.0 Å². The molecule has 1 aliphatic rings. The Bertz CT molecular complexity index is 1200. The predicted molar refractivity (Wildman–Crippen MR) is 108 cm³/mol. The molecule has 1 fully saturated rings. The summed E-state index contributed by atoms with van der Waals surface area (Å²) in [6.07, 6.45) is 2.80. The number of anilines is 3. The van der Waals surface area contributed by atoms with Crippen molar-refractivity contribution in [2.45, 2.75) is 31.9 Å². The third kappa shape index (κ3) is 3.33. The minimum atomic E-state index is -3.57. The Hall–Kier alpha value is -2.94. The van der Waals surface area contributed by atoms with Crippen LogP contribution in [0.5, 0.6) is 0 Å². The van der Waals surface area contributed by atoms with Crippen LogP contribution in [0.2, 0.25) is 0 Å². The number of halogens is 1. The van der Waals surface area contributed by atoms with Gasteiger partial charge in [0.2, 0.25) is 10.0 Å². The minimum Gasteiger partial charge on any atom is -0.348 e. The summed E-state index contributed by atoms with van der Waals surface area (Å²) >= 11 is 0. The molecule has 9 heteroatoms. The molecule has 146 valence electrons. The van der Waals surface area contributed by atoms with E-state index < -0.39 is 21.1 Å². The van der Waals surface area contributed by atoms with Gasteiger partial charge in [0.1, 0.15) is 11.5 Å². The molecule has 2 aromatic heterocycles. The van der Waals surface area contributed by atoms with Crippen molar-refractivity contribution >= 4 is 38.4 Å². The molecular weight excluding hydrogens is 381 g/mol. The van der Waals surface area contributed by atoms with Gasteiger partial charge < -0.3 is 5.32 Å². The molecule has 1 aromatic carbocycles. The summed E-state index contributed by atoms with van der Waals surface area (Å²) in [6, 6.07) is 6.42. The fraction of sp³-hybridized carbons (Fsp3) is 0.263. The molecule has 2 N–H and O–H groups in total. The van der Waals surface area contributed by atoms with E-state index in [0.717, 1.165) is 5.56 Å². The fourth-order valence-corrected chi connectivity index (χ4v) is 4.32. The maximum atomic E-state index is 14.5. The quantitative estimate of drug-likeness (QED) is 0.655. The second kappa shape index (κ2) is 6.59. The molecule has 28 heavy (non-hydrogen) atoms. The number of sulfonamides is 1. The lowest BCUT2D eigenvalue weighted by molar-refractivity contribution is 0.600. The number of nitrogens with zero attached hydrogens (tertiary/aromatic N) is 3. The van der Waals surface area contributed by atoms with E-state index in [1.807, 2.05) is 0 Å². The SMILES string of the molecule is C=C(C)c1c(Nc2ccc(C)cc2F)c(NS(=O)(=O)C2CC2)nc2ccnn12. The first kappa shape index (κ1) is 18.4. The molecule has 2 heterocycles. The molecule has 3 aromatic rings. The first-order chi connectivity index (χ1) is 13.3. The van der Waals surface area contributed by atoms with Gasteiger partial charge in [-0.25, -0.2) is 22.3 Å². The van der Waals surface area contributed by atoms with Crippen LogP contribution in [-0.2, 0) is 10.0 Å². The lowest BCUT2D eigenvalue weighted by Crippen LogP contribution is -2.20. The monoisotopic (exact) mass is 401 g/mol. The molecule has 0 amide bonds. The first-order valence-electron chi connectivity index (χ1n) is 8.84. The van der Waals surface area contributed by atoms with Crippen LogP contribution in [0, 0.1) is 12.7 Å². The number of hydrogen-bond donors (Lipinski definition) is 2. The Morgan fingerprint density at radius 3 is 2.71 bits per heavy atom. The number of allylic oxidation sites excluding steroid dienone is 1. The summed E-state index contributed by atoms with van der Waals surface area (Å²) in [7, 11) is -3.57. The second-order valence-electron chi connectivity index (χ2n) is 7.02. The van der Waals surface area contributed by atoms with Crippen LogP contribution in [0.4, 0.5) is 21.6 Å². The highest BCUT2D eigenvalue weighted by atomic mass is 32.2. The average Bonchev–Trinajstić information content (AvgIpc) is 3.37. The van der Waals surface area contributed by atoms with Crippen LogP contribution in [0.15, 0.2) is 37.0 Å². The largest absolute Gasteiger partial charge is 0.348 e. The summed E-state index contributed by atoms with van der Waals surface area (Å²) in [6.45, 7) is 7.54. The Morgan fingerprint density at radius 2 is 2.07 bits per heavy atom. The van der Waals surface area contributed by atoms with Gasteiger partial charge in [0.05, 0.1) is 22.8 Å². The lowest BCUT2D eigenvalue weighted by atomic mass is 10.1. The maximum Gasteiger partial charge on any atom is 0.236 e. The number of aromatic nitrogens is 3. The Kier molecular flexibility index (Phi) is 4.34. The molecule has 1 saturated carbocycles. The minimum absolute atomic E-state index is 0.0953. The number of aryl methyl sites for hydroxylation is 1. The summed E-state index contributed by atoms with van der Waals surface area (Å²) in [5, 5.41) is 6.82. The van der Waals surface area contributed by atoms with Crippen LogP contribution >= 0.6 is 0 Å². The van der Waals surface area contributed by atoms with Crippen LogP contribution < -0.4 is 10.0 Å². The standard InChI is InChI=1S/C19H20FN5O2S/c1-11(2)18-17(22-15-7-4-12(3)10-14(15)20)19(23-16-8-9-21-25(16)18)24-28(26,27)13-5-6-13/h4,7-10,13,22H,1,5-6H2,2-3H3,(H,23,24). The summed E-state index contributed by atoms with van der Waals surface area (Å²) in [5.74, 6) is -0.359. The number of fused-ring (bicyclic) bond motifs is 1. The lowest BCUT2D eigenvalue weighted by Gasteiger charge is -2.19. The molecule has 0 atom stereocenters. The van der Waals surface area contributed by atoms with Crippen molar-refractivity contribution in [3.05, 3.63) is 54.1 Å². The van der Waals surface area contributed by atoms with E-state index in [1.54, 1.807) is 42.8 Å². The zero-order chi connectivity index (χ0) is 20.1. The zero-order valence-electron chi connectivity index (χ0n) is 15.5. The second-order valence-corrected chi connectivity index (χ2v) is 8.98. The highest BCUT2D eigenvalue weighted by molar-refractivity contribution is 7.93. The summed E-state index contributed by atoms with van der Waals surface area (Å²) in [5.41, 5.74) is 2.88. The van der Waals surface area contributed by atoms with E-state index in [0.29, 0.717) is 35.4 Å². The summed E-state index contributed by atoms with van der Waals surface area (Å²) < 4.78 is 43.7. The van der Waals surface area contributed by atoms with Crippen molar-refractivity contribution in [2.24, 2.45) is 0 Å². The maximum absolute atomic E-state index is 14.5. The van der Waals surface area contributed by atoms with Gasteiger partial charge >= 0.3 is 0 Å². The Labute approximate surface area is 162 Å². The Balaban J connectivity index is 1.90. The molecule has 0 unspecified atom stereocenters. The van der Waals surface area contributed by atoms with E-state index in [-0.39, 0.29) is 11.5 Å². The highest BCUT2D eigenvalue weighted by Crippen LogP contribution is 2.36. The molecule has 4 rings (SSSR count). The van der Waals surface area contributed by atoms with Crippen molar-refractivity contribution in [3.63, 3.8) is 0 Å². The van der Waals surface area contributed by atoms with Crippen molar-refractivity contribution < 1.29 is 12.8 Å². The van der Waals surface area contributed by atoms with E-state index in [1.165, 1.54) is 6.07 Å². The smallest absolute Gasteiger partial charge is 0.236 e. The van der Waals surface area contributed by atoms with Crippen LogP contribution in [0.1, 0.15) is 31.0 Å². The topological polar surface area (TPSA) is 88.4 Å². The average molecular weight is 401 g/mol.